The maximum absolute atomic E-state index is 12.5. The minimum absolute atomic E-state index is 0.190. The molecule has 1 amide bonds. The highest BCUT2D eigenvalue weighted by atomic mass is 16.5. The summed E-state index contributed by atoms with van der Waals surface area (Å²) in [6, 6.07) is 17.0. The van der Waals surface area contributed by atoms with Crippen molar-refractivity contribution in [1.29, 1.82) is 0 Å². The minimum atomic E-state index is -0.190. The summed E-state index contributed by atoms with van der Waals surface area (Å²) in [5.41, 5.74) is 4.47. The molecule has 1 aromatic carbocycles. The summed E-state index contributed by atoms with van der Waals surface area (Å²) >= 11 is 0. The molecule has 5 aromatic rings. The Morgan fingerprint density at radius 1 is 1.13 bits per heavy atom. The summed E-state index contributed by atoms with van der Waals surface area (Å²) in [6.07, 6.45) is 5.31. The highest BCUT2D eigenvalue weighted by Crippen LogP contribution is 2.33. The van der Waals surface area contributed by atoms with Crippen LogP contribution in [-0.4, -0.2) is 20.4 Å². The first kappa shape index (κ1) is 17.9. The molecule has 7 heteroatoms. The van der Waals surface area contributed by atoms with E-state index in [4.69, 9.17) is 13.9 Å². The second-order valence-electron chi connectivity index (χ2n) is 6.90. The van der Waals surface area contributed by atoms with E-state index in [1.807, 2.05) is 60.1 Å². The van der Waals surface area contributed by atoms with Crippen LogP contribution in [0.5, 0.6) is 0 Å². The van der Waals surface area contributed by atoms with Crippen molar-refractivity contribution in [2.75, 3.05) is 0 Å². The number of amides is 1. The number of imidazole rings is 1. The first-order chi connectivity index (χ1) is 14.7. The van der Waals surface area contributed by atoms with Gasteiger partial charge in [0.05, 0.1) is 24.1 Å². The molecule has 5 rings (SSSR count). The fourth-order valence-corrected chi connectivity index (χ4v) is 3.39. The molecule has 0 atom stereocenters. The van der Waals surface area contributed by atoms with Gasteiger partial charge in [0, 0.05) is 23.5 Å². The van der Waals surface area contributed by atoms with Gasteiger partial charge in [-0.05, 0) is 31.2 Å². The number of benzene rings is 1. The maximum Gasteiger partial charge on any atom is 0.251 e. The number of rotatable bonds is 5. The van der Waals surface area contributed by atoms with E-state index in [1.54, 1.807) is 24.5 Å². The number of carbonyl (C=O) groups is 1. The summed E-state index contributed by atoms with van der Waals surface area (Å²) < 4.78 is 12.6. The van der Waals surface area contributed by atoms with Crippen molar-refractivity contribution in [2.45, 2.75) is 13.5 Å². The number of pyridine rings is 1. The molecule has 0 aliphatic rings. The highest BCUT2D eigenvalue weighted by Gasteiger charge is 2.19. The predicted octanol–water partition coefficient (Wildman–Crippen LogP) is 4.49. The van der Waals surface area contributed by atoms with E-state index in [2.05, 4.69) is 10.5 Å². The molecule has 30 heavy (non-hydrogen) atoms. The molecule has 0 aliphatic heterocycles. The molecule has 148 valence electrons. The van der Waals surface area contributed by atoms with E-state index in [1.165, 1.54) is 0 Å². The molecule has 4 heterocycles. The Kier molecular flexibility index (Phi) is 4.40. The van der Waals surface area contributed by atoms with Crippen LogP contribution in [-0.2, 0) is 6.54 Å². The second kappa shape index (κ2) is 7.36. The summed E-state index contributed by atoms with van der Waals surface area (Å²) in [4.78, 5) is 17.2. The third-order valence-electron chi connectivity index (χ3n) is 4.89. The molecular formula is C23H18N4O3. The van der Waals surface area contributed by atoms with E-state index in [0.29, 0.717) is 29.3 Å². The fourth-order valence-electron chi connectivity index (χ4n) is 3.39. The Morgan fingerprint density at radius 2 is 2.00 bits per heavy atom. The van der Waals surface area contributed by atoms with Gasteiger partial charge in [0.25, 0.3) is 5.91 Å². The molecule has 0 bridgehead atoms. The Morgan fingerprint density at radius 3 is 2.80 bits per heavy atom. The van der Waals surface area contributed by atoms with Crippen molar-refractivity contribution in [1.82, 2.24) is 19.9 Å². The van der Waals surface area contributed by atoms with Crippen LogP contribution < -0.4 is 5.32 Å². The number of nitrogens with one attached hydrogen (secondary N) is 1. The van der Waals surface area contributed by atoms with Gasteiger partial charge in [-0.2, -0.15) is 0 Å². The van der Waals surface area contributed by atoms with Crippen LogP contribution in [0.2, 0.25) is 0 Å². The van der Waals surface area contributed by atoms with Gasteiger partial charge in [0.15, 0.2) is 0 Å². The highest BCUT2D eigenvalue weighted by molar-refractivity contribution is 5.95. The fraction of sp³-hybridized carbons (Fsp3) is 0.0870. The number of nitrogens with zero attached hydrogens (tertiary/aromatic N) is 3. The Balaban J connectivity index is 1.47. The molecule has 0 fully saturated rings. The van der Waals surface area contributed by atoms with E-state index in [9.17, 15) is 4.79 Å². The van der Waals surface area contributed by atoms with Crippen LogP contribution in [0.25, 0.3) is 28.2 Å². The van der Waals surface area contributed by atoms with Gasteiger partial charge in [-0.25, -0.2) is 4.98 Å². The summed E-state index contributed by atoms with van der Waals surface area (Å²) in [6.45, 7) is 2.20. The van der Waals surface area contributed by atoms with Crippen molar-refractivity contribution in [3.05, 3.63) is 90.3 Å². The lowest BCUT2D eigenvalue weighted by atomic mass is 10.0. The maximum atomic E-state index is 12.5. The van der Waals surface area contributed by atoms with Crippen LogP contribution in [0.3, 0.4) is 0 Å². The normalized spacial score (nSPS) is 11.1. The van der Waals surface area contributed by atoms with Crippen molar-refractivity contribution in [2.24, 2.45) is 0 Å². The topological polar surface area (TPSA) is 85.6 Å². The molecule has 0 saturated carbocycles. The first-order valence-corrected chi connectivity index (χ1v) is 9.50. The average molecular weight is 398 g/mol. The number of hydrogen-bond acceptors (Lipinski definition) is 5. The predicted molar refractivity (Wildman–Crippen MR) is 111 cm³/mol. The van der Waals surface area contributed by atoms with Gasteiger partial charge in [0.1, 0.15) is 22.9 Å². The lowest BCUT2D eigenvalue weighted by Crippen LogP contribution is -2.22. The monoisotopic (exact) mass is 398 g/mol. The number of carbonyl (C=O) groups excluding carboxylic acids is 1. The van der Waals surface area contributed by atoms with Gasteiger partial charge in [-0.1, -0.05) is 35.5 Å². The van der Waals surface area contributed by atoms with Crippen molar-refractivity contribution in [3.63, 3.8) is 0 Å². The van der Waals surface area contributed by atoms with Gasteiger partial charge >= 0.3 is 0 Å². The Bertz CT molecular complexity index is 1320. The number of furan rings is 1. The summed E-state index contributed by atoms with van der Waals surface area (Å²) in [7, 11) is 0. The number of hydrogen-bond donors (Lipinski definition) is 1. The number of aryl methyl sites for hydroxylation is 1. The van der Waals surface area contributed by atoms with E-state index in [0.717, 1.165) is 22.5 Å². The van der Waals surface area contributed by atoms with Gasteiger partial charge in [0.2, 0.25) is 0 Å². The molecule has 7 nitrogen and oxygen atoms in total. The zero-order chi connectivity index (χ0) is 20.5. The smallest absolute Gasteiger partial charge is 0.251 e. The van der Waals surface area contributed by atoms with Crippen molar-refractivity contribution in [3.8, 4) is 22.5 Å². The molecule has 0 aliphatic carbocycles. The molecule has 4 aromatic heterocycles. The summed E-state index contributed by atoms with van der Waals surface area (Å²) in [5.74, 6) is 1.20. The van der Waals surface area contributed by atoms with Gasteiger partial charge in [-0.3, -0.25) is 4.79 Å². The molecule has 1 N–H and O–H groups in total. The van der Waals surface area contributed by atoms with Crippen LogP contribution in [0, 0.1) is 6.92 Å². The number of aromatic nitrogens is 3. The molecular weight excluding hydrogens is 380 g/mol. The minimum Gasteiger partial charge on any atom is -0.467 e. The quantitative estimate of drug-likeness (QED) is 0.471. The van der Waals surface area contributed by atoms with Crippen LogP contribution in [0.1, 0.15) is 21.9 Å². The zero-order valence-corrected chi connectivity index (χ0v) is 16.2. The molecule has 0 saturated heterocycles. The van der Waals surface area contributed by atoms with Crippen LogP contribution >= 0.6 is 0 Å². The van der Waals surface area contributed by atoms with Crippen LogP contribution in [0.4, 0.5) is 0 Å². The number of fused-ring (bicyclic) bond motifs is 1. The standard InChI is InChI=1S/C23H18N4O3/c1-15-21(22(26-30-15)16-6-3-2-4-7-16)19-14-27-10-9-17(12-20(27)25-19)23(28)24-13-18-8-5-11-29-18/h2-12,14H,13H2,1H3,(H,24,28). The molecule has 0 radical (unpaired) electrons. The molecule has 0 spiro atoms. The average Bonchev–Trinajstić information content (AvgIpc) is 3.51. The van der Waals surface area contributed by atoms with E-state index in [-0.39, 0.29) is 5.91 Å². The van der Waals surface area contributed by atoms with Gasteiger partial charge in [-0.15, -0.1) is 0 Å². The Labute approximate surface area is 172 Å². The lowest BCUT2D eigenvalue weighted by molar-refractivity contribution is 0.0948. The third-order valence-corrected chi connectivity index (χ3v) is 4.89. The third kappa shape index (κ3) is 3.26. The van der Waals surface area contributed by atoms with E-state index >= 15 is 0 Å². The SMILES string of the molecule is Cc1onc(-c2ccccc2)c1-c1cn2ccc(C(=O)NCc3ccco3)cc2n1. The summed E-state index contributed by atoms with van der Waals surface area (Å²) in [5, 5.41) is 7.08. The van der Waals surface area contributed by atoms with Crippen molar-refractivity contribution < 1.29 is 13.7 Å². The second-order valence-corrected chi connectivity index (χ2v) is 6.90. The largest absolute Gasteiger partial charge is 0.467 e. The van der Waals surface area contributed by atoms with Gasteiger partial charge < -0.3 is 18.7 Å². The first-order valence-electron chi connectivity index (χ1n) is 9.50. The Hall–Kier alpha value is -4.13. The van der Waals surface area contributed by atoms with E-state index < -0.39 is 0 Å². The van der Waals surface area contributed by atoms with Crippen molar-refractivity contribution >= 4 is 11.6 Å². The molecule has 0 unspecified atom stereocenters. The lowest BCUT2D eigenvalue weighted by Gasteiger charge is -2.03. The zero-order valence-electron chi connectivity index (χ0n) is 16.2. The van der Waals surface area contributed by atoms with Crippen LogP contribution in [0.15, 0.2) is 82.2 Å².